The first-order chi connectivity index (χ1) is 8.42. The molecule has 0 unspecified atom stereocenters. The Kier molecular flexibility index (Phi) is 3.46. The summed E-state index contributed by atoms with van der Waals surface area (Å²) in [7, 11) is 0. The van der Waals surface area contributed by atoms with E-state index in [1.54, 1.807) is 16.7 Å². The average Bonchev–Trinajstić information content (AvgIpc) is 2.40. The van der Waals surface area contributed by atoms with E-state index < -0.39 is 0 Å². The number of fused-ring (bicyclic) bond motifs is 1. The van der Waals surface area contributed by atoms with E-state index in [-0.39, 0.29) is 0 Å². The summed E-state index contributed by atoms with van der Waals surface area (Å²) in [6, 6.07) is 7.27. The predicted molar refractivity (Wildman–Crippen MR) is 72.4 cm³/mol. The summed E-state index contributed by atoms with van der Waals surface area (Å²) in [6.45, 7) is 2.44. The Bertz CT molecular complexity index is 377. The third-order valence-corrected chi connectivity index (χ3v) is 4.40. The van der Waals surface area contributed by atoms with Crippen molar-refractivity contribution in [1.82, 2.24) is 5.32 Å². The van der Waals surface area contributed by atoms with Crippen molar-refractivity contribution in [1.29, 1.82) is 0 Å². The monoisotopic (exact) mass is 229 g/mol. The minimum Gasteiger partial charge on any atom is -0.317 e. The highest BCUT2D eigenvalue weighted by Gasteiger charge is 2.15. The molecule has 0 aromatic heterocycles. The van der Waals surface area contributed by atoms with E-state index in [9.17, 15) is 0 Å². The number of benzene rings is 1. The Labute approximate surface area is 105 Å². The summed E-state index contributed by atoms with van der Waals surface area (Å²) < 4.78 is 0. The van der Waals surface area contributed by atoms with Gasteiger partial charge >= 0.3 is 0 Å². The first-order valence-corrected chi connectivity index (χ1v) is 7.23. The molecule has 1 heteroatoms. The van der Waals surface area contributed by atoms with E-state index in [0.717, 1.165) is 5.92 Å². The standard InChI is InChI=1S/C16H23N/c1-2-4-16-12-14(5-6-15(16)3-1)11-13-7-9-17-10-8-13/h5-6,12-13,17H,1-4,7-11H2. The Morgan fingerprint density at radius 3 is 2.59 bits per heavy atom. The third-order valence-electron chi connectivity index (χ3n) is 4.40. The van der Waals surface area contributed by atoms with E-state index >= 15 is 0 Å². The Balaban J connectivity index is 1.70. The molecule has 1 heterocycles. The van der Waals surface area contributed by atoms with Crippen LogP contribution in [0, 0.1) is 5.92 Å². The van der Waals surface area contributed by atoms with Crippen LogP contribution < -0.4 is 5.32 Å². The van der Waals surface area contributed by atoms with Crippen molar-refractivity contribution in [2.24, 2.45) is 5.92 Å². The molecule has 1 N–H and O–H groups in total. The maximum Gasteiger partial charge on any atom is -0.00462 e. The molecule has 0 bridgehead atoms. The summed E-state index contributed by atoms with van der Waals surface area (Å²) in [5, 5.41) is 3.45. The molecule has 3 rings (SSSR count). The Hall–Kier alpha value is -0.820. The van der Waals surface area contributed by atoms with Crippen LogP contribution in [0.1, 0.15) is 42.4 Å². The van der Waals surface area contributed by atoms with E-state index in [4.69, 9.17) is 0 Å². The molecule has 1 aromatic carbocycles. The zero-order chi connectivity index (χ0) is 11.5. The van der Waals surface area contributed by atoms with Gasteiger partial charge in [-0.05, 0) is 80.6 Å². The molecule has 17 heavy (non-hydrogen) atoms. The lowest BCUT2D eigenvalue weighted by molar-refractivity contribution is 0.372. The van der Waals surface area contributed by atoms with Gasteiger partial charge in [-0.1, -0.05) is 18.2 Å². The van der Waals surface area contributed by atoms with Gasteiger partial charge in [0.05, 0.1) is 0 Å². The highest BCUT2D eigenvalue weighted by molar-refractivity contribution is 5.34. The summed E-state index contributed by atoms with van der Waals surface area (Å²) in [5.41, 5.74) is 4.84. The van der Waals surface area contributed by atoms with Crippen LogP contribution in [0.3, 0.4) is 0 Å². The van der Waals surface area contributed by atoms with Crippen LogP contribution in [0.25, 0.3) is 0 Å². The molecule has 92 valence electrons. The molecule has 0 spiro atoms. The van der Waals surface area contributed by atoms with Crippen LogP contribution in [0.15, 0.2) is 18.2 Å². The Morgan fingerprint density at radius 1 is 1.00 bits per heavy atom. The van der Waals surface area contributed by atoms with E-state index in [1.165, 1.54) is 58.0 Å². The van der Waals surface area contributed by atoms with Crippen LogP contribution in [-0.2, 0) is 19.3 Å². The molecular formula is C16H23N. The number of aryl methyl sites for hydroxylation is 2. The van der Waals surface area contributed by atoms with Gasteiger partial charge in [0.25, 0.3) is 0 Å². The molecule has 1 fully saturated rings. The maximum absolute atomic E-state index is 3.45. The topological polar surface area (TPSA) is 12.0 Å². The zero-order valence-corrected chi connectivity index (χ0v) is 10.7. The van der Waals surface area contributed by atoms with Crippen LogP contribution in [0.5, 0.6) is 0 Å². The van der Waals surface area contributed by atoms with Gasteiger partial charge in [-0.25, -0.2) is 0 Å². The molecule has 2 aliphatic rings. The van der Waals surface area contributed by atoms with Crippen LogP contribution in [0.4, 0.5) is 0 Å². The van der Waals surface area contributed by atoms with Gasteiger partial charge in [-0.2, -0.15) is 0 Å². The molecule has 1 aliphatic heterocycles. The summed E-state index contributed by atoms with van der Waals surface area (Å²) >= 11 is 0. The van der Waals surface area contributed by atoms with Gasteiger partial charge < -0.3 is 5.32 Å². The van der Waals surface area contributed by atoms with Gasteiger partial charge in [0.15, 0.2) is 0 Å². The van der Waals surface area contributed by atoms with Gasteiger partial charge in [-0.15, -0.1) is 0 Å². The molecule has 0 saturated carbocycles. The lowest BCUT2D eigenvalue weighted by Crippen LogP contribution is -2.28. The highest BCUT2D eigenvalue weighted by Crippen LogP contribution is 2.25. The third kappa shape index (κ3) is 2.71. The van der Waals surface area contributed by atoms with Gasteiger partial charge in [-0.3, -0.25) is 0 Å². The van der Waals surface area contributed by atoms with E-state index in [0.29, 0.717) is 0 Å². The lowest BCUT2D eigenvalue weighted by Gasteiger charge is -2.23. The van der Waals surface area contributed by atoms with Crippen molar-refractivity contribution < 1.29 is 0 Å². The maximum atomic E-state index is 3.45. The van der Waals surface area contributed by atoms with Crippen LogP contribution >= 0.6 is 0 Å². The average molecular weight is 229 g/mol. The van der Waals surface area contributed by atoms with Crippen molar-refractivity contribution >= 4 is 0 Å². The molecular weight excluding hydrogens is 206 g/mol. The van der Waals surface area contributed by atoms with Gasteiger partial charge in [0.2, 0.25) is 0 Å². The largest absolute Gasteiger partial charge is 0.317 e. The van der Waals surface area contributed by atoms with Crippen molar-refractivity contribution in [3.05, 3.63) is 34.9 Å². The highest BCUT2D eigenvalue weighted by atomic mass is 14.9. The van der Waals surface area contributed by atoms with E-state index in [2.05, 4.69) is 23.5 Å². The van der Waals surface area contributed by atoms with Gasteiger partial charge in [0, 0.05) is 0 Å². The number of hydrogen-bond donors (Lipinski definition) is 1. The zero-order valence-electron chi connectivity index (χ0n) is 10.7. The smallest absolute Gasteiger partial charge is 0.00462 e. The Morgan fingerprint density at radius 2 is 1.76 bits per heavy atom. The number of nitrogens with one attached hydrogen (secondary N) is 1. The number of piperidine rings is 1. The van der Waals surface area contributed by atoms with Crippen molar-refractivity contribution in [3.63, 3.8) is 0 Å². The van der Waals surface area contributed by atoms with E-state index in [1.807, 2.05) is 0 Å². The first kappa shape index (κ1) is 11.3. The normalized spacial score (nSPS) is 21.2. The fourth-order valence-corrected chi connectivity index (χ4v) is 3.33. The quantitative estimate of drug-likeness (QED) is 0.821. The summed E-state index contributed by atoms with van der Waals surface area (Å²) in [5.74, 6) is 0.915. The van der Waals surface area contributed by atoms with Crippen LogP contribution in [0.2, 0.25) is 0 Å². The minimum atomic E-state index is 0.915. The molecule has 0 amide bonds. The molecule has 1 nitrogen and oxygen atoms in total. The van der Waals surface area contributed by atoms with Crippen molar-refractivity contribution in [2.45, 2.75) is 44.9 Å². The second-order valence-electron chi connectivity index (χ2n) is 5.71. The lowest BCUT2D eigenvalue weighted by atomic mass is 9.86. The number of rotatable bonds is 2. The molecule has 0 atom stereocenters. The van der Waals surface area contributed by atoms with Crippen LogP contribution in [-0.4, -0.2) is 13.1 Å². The SMILES string of the molecule is c1cc2c(cc1CC1CCNCC1)CCCC2. The second-order valence-corrected chi connectivity index (χ2v) is 5.71. The van der Waals surface area contributed by atoms with Crippen molar-refractivity contribution in [2.75, 3.05) is 13.1 Å². The second kappa shape index (κ2) is 5.22. The predicted octanol–water partition coefficient (Wildman–Crippen LogP) is 3.11. The first-order valence-electron chi connectivity index (χ1n) is 7.23. The molecule has 1 aliphatic carbocycles. The molecule has 0 radical (unpaired) electrons. The fraction of sp³-hybridized carbons (Fsp3) is 0.625. The summed E-state index contributed by atoms with van der Waals surface area (Å²) in [4.78, 5) is 0. The molecule has 1 aromatic rings. The fourth-order valence-electron chi connectivity index (χ4n) is 3.33. The number of hydrogen-bond acceptors (Lipinski definition) is 1. The molecule has 1 saturated heterocycles. The minimum absolute atomic E-state index is 0.915. The van der Waals surface area contributed by atoms with Crippen molar-refractivity contribution in [3.8, 4) is 0 Å². The van der Waals surface area contributed by atoms with Gasteiger partial charge in [0.1, 0.15) is 0 Å². The summed E-state index contributed by atoms with van der Waals surface area (Å²) in [6.07, 6.45) is 9.42.